The van der Waals surface area contributed by atoms with Crippen molar-refractivity contribution >= 4 is 27.3 Å². The minimum absolute atomic E-state index is 0.0496. The van der Waals surface area contributed by atoms with Crippen LogP contribution < -0.4 is 14.2 Å². The van der Waals surface area contributed by atoms with E-state index >= 15 is 0 Å². The van der Waals surface area contributed by atoms with Crippen LogP contribution in [0.5, 0.6) is 17.2 Å². The average Bonchev–Trinajstić information content (AvgIpc) is 3.10. The zero-order valence-electron chi connectivity index (χ0n) is 17.8. The van der Waals surface area contributed by atoms with Crippen LogP contribution in [-0.4, -0.2) is 57.6 Å². The molecule has 168 valence electrons. The molecule has 0 aliphatic carbocycles. The Morgan fingerprint density at radius 1 is 1.10 bits per heavy atom. The maximum absolute atomic E-state index is 13.1. The average molecular weight is 468 g/mol. The van der Waals surface area contributed by atoms with Gasteiger partial charge in [-0.05, 0) is 54.8 Å². The highest BCUT2D eigenvalue weighted by Crippen LogP contribution is 2.29. The van der Waals surface area contributed by atoms with Crippen LogP contribution in [0.2, 0.25) is 5.02 Å². The van der Waals surface area contributed by atoms with E-state index in [1.54, 1.807) is 42.3 Å². The fourth-order valence-electron chi connectivity index (χ4n) is 3.61. The van der Waals surface area contributed by atoms with Crippen molar-refractivity contribution in [3.05, 3.63) is 52.5 Å². The molecule has 1 heterocycles. The SMILES string of the molecule is COc1ccc(CN(C(=O)COc2ccc(Cl)cc2C)C2CCS(=O)(=O)C2)cc1OC. The molecule has 3 rings (SSSR count). The van der Waals surface area contributed by atoms with Crippen molar-refractivity contribution in [2.75, 3.05) is 32.3 Å². The van der Waals surface area contributed by atoms with Crippen molar-refractivity contribution < 1.29 is 27.4 Å². The smallest absolute Gasteiger partial charge is 0.261 e. The molecule has 0 radical (unpaired) electrons. The minimum atomic E-state index is -3.16. The third-order valence-corrected chi connectivity index (χ3v) is 7.24. The number of aryl methyl sites for hydroxylation is 1. The van der Waals surface area contributed by atoms with E-state index in [1.807, 2.05) is 13.0 Å². The van der Waals surface area contributed by atoms with Crippen molar-refractivity contribution in [1.29, 1.82) is 0 Å². The molecule has 0 saturated carbocycles. The highest BCUT2D eigenvalue weighted by Gasteiger charge is 2.35. The lowest BCUT2D eigenvalue weighted by atomic mass is 10.1. The van der Waals surface area contributed by atoms with Gasteiger partial charge in [0.25, 0.3) is 5.91 Å². The molecule has 1 aliphatic rings. The maximum atomic E-state index is 13.1. The standard InChI is InChI=1S/C22H26ClNO6S/c1-15-10-17(23)5-7-19(15)30-13-22(25)24(18-8-9-31(26,27)14-18)12-16-4-6-20(28-2)21(11-16)29-3/h4-7,10-11,18H,8-9,12-14H2,1-3H3. The van der Waals surface area contributed by atoms with Crippen LogP contribution in [0, 0.1) is 6.92 Å². The first-order valence-corrected chi connectivity index (χ1v) is 12.0. The lowest BCUT2D eigenvalue weighted by molar-refractivity contribution is -0.136. The van der Waals surface area contributed by atoms with Gasteiger partial charge in [0.1, 0.15) is 5.75 Å². The van der Waals surface area contributed by atoms with Crippen molar-refractivity contribution in [2.45, 2.75) is 25.9 Å². The highest BCUT2D eigenvalue weighted by molar-refractivity contribution is 7.91. The number of nitrogens with zero attached hydrogens (tertiary/aromatic N) is 1. The molecule has 9 heteroatoms. The molecule has 31 heavy (non-hydrogen) atoms. The van der Waals surface area contributed by atoms with Crippen molar-refractivity contribution in [3.8, 4) is 17.2 Å². The Labute approximate surface area is 187 Å². The summed E-state index contributed by atoms with van der Waals surface area (Å²) in [4.78, 5) is 14.7. The van der Waals surface area contributed by atoms with Gasteiger partial charge < -0.3 is 19.1 Å². The first-order chi connectivity index (χ1) is 14.7. The molecule has 2 aromatic carbocycles. The molecule has 1 amide bonds. The van der Waals surface area contributed by atoms with E-state index in [0.29, 0.717) is 28.7 Å². The van der Waals surface area contributed by atoms with Crippen molar-refractivity contribution in [1.82, 2.24) is 4.90 Å². The molecule has 0 aromatic heterocycles. The Morgan fingerprint density at radius 2 is 1.81 bits per heavy atom. The summed E-state index contributed by atoms with van der Waals surface area (Å²) < 4.78 is 40.4. The van der Waals surface area contributed by atoms with Crippen LogP contribution in [0.25, 0.3) is 0 Å². The lowest BCUT2D eigenvalue weighted by Crippen LogP contribution is -2.43. The number of methoxy groups -OCH3 is 2. The van der Waals surface area contributed by atoms with Gasteiger partial charge in [0.05, 0.1) is 25.7 Å². The quantitative estimate of drug-likeness (QED) is 0.592. The van der Waals surface area contributed by atoms with Crippen molar-refractivity contribution in [3.63, 3.8) is 0 Å². The van der Waals surface area contributed by atoms with Crippen LogP contribution in [0.15, 0.2) is 36.4 Å². The Morgan fingerprint density at radius 3 is 2.42 bits per heavy atom. The van der Waals surface area contributed by atoms with E-state index in [-0.39, 0.29) is 30.6 Å². The number of ether oxygens (including phenoxy) is 3. The number of hydrogen-bond donors (Lipinski definition) is 0. The molecule has 1 atom stereocenters. The fourth-order valence-corrected chi connectivity index (χ4v) is 5.57. The Hall–Kier alpha value is -2.45. The molecular weight excluding hydrogens is 442 g/mol. The predicted octanol–water partition coefficient (Wildman–Crippen LogP) is 3.26. The van der Waals surface area contributed by atoms with E-state index in [4.69, 9.17) is 25.8 Å². The number of benzene rings is 2. The monoisotopic (exact) mass is 467 g/mol. The summed E-state index contributed by atoms with van der Waals surface area (Å²) in [6.45, 7) is 1.88. The Kier molecular flexibility index (Phi) is 7.33. The van der Waals surface area contributed by atoms with Crippen LogP contribution in [0.4, 0.5) is 0 Å². The van der Waals surface area contributed by atoms with Gasteiger partial charge >= 0.3 is 0 Å². The fraction of sp³-hybridized carbons (Fsp3) is 0.409. The van der Waals surface area contributed by atoms with Crippen LogP contribution in [0.3, 0.4) is 0 Å². The summed E-state index contributed by atoms with van der Waals surface area (Å²) in [5, 5.41) is 0.586. The first kappa shape index (κ1) is 23.2. The lowest BCUT2D eigenvalue weighted by Gasteiger charge is -2.29. The normalized spacial score (nSPS) is 17.2. The van der Waals surface area contributed by atoms with Crippen LogP contribution in [0.1, 0.15) is 17.5 Å². The van der Waals surface area contributed by atoms with Gasteiger partial charge in [0, 0.05) is 17.6 Å². The molecule has 0 bridgehead atoms. The van der Waals surface area contributed by atoms with Gasteiger partial charge in [-0.1, -0.05) is 17.7 Å². The zero-order valence-corrected chi connectivity index (χ0v) is 19.3. The van der Waals surface area contributed by atoms with Crippen LogP contribution >= 0.6 is 11.6 Å². The number of halogens is 1. The molecule has 1 saturated heterocycles. The van der Waals surface area contributed by atoms with Gasteiger partial charge in [-0.3, -0.25) is 4.79 Å². The topological polar surface area (TPSA) is 82.1 Å². The number of amides is 1. The summed E-state index contributed by atoms with van der Waals surface area (Å²) in [5.74, 6) is 1.42. The molecule has 0 N–H and O–H groups in total. The van der Waals surface area contributed by atoms with Gasteiger partial charge in [-0.2, -0.15) is 0 Å². The summed E-state index contributed by atoms with van der Waals surface area (Å²) in [6.07, 6.45) is 0.404. The molecule has 1 fully saturated rings. The number of carbonyl (C=O) groups excluding carboxylic acids is 1. The van der Waals surface area contributed by atoms with Gasteiger partial charge in [0.2, 0.25) is 0 Å². The van der Waals surface area contributed by atoms with Gasteiger partial charge in [-0.25, -0.2) is 8.42 Å². The molecule has 0 spiro atoms. The minimum Gasteiger partial charge on any atom is -0.493 e. The van der Waals surface area contributed by atoms with Crippen molar-refractivity contribution in [2.24, 2.45) is 0 Å². The second kappa shape index (κ2) is 9.78. The molecule has 7 nitrogen and oxygen atoms in total. The molecule has 1 unspecified atom stereocenters. The Bertz CT molecular complexity index is 1060. The second-order valence-electron chi connectivity index (χ2n) is 7.47. The second-order valence-corrected chi connectivity index (χ2v) is 10.1. The van der Waals surface area contributed by atoms with E-state index in [1.165, 1.54) is 7.11 Å². The van der Waals surface area contributed by atoms with E-state index in [9.17, 15) is 13.2 Å². The van der Waals surface area contributed by atoms with Gasteiger partial charge in [0.15, 0.2) is 27.9 Å². The number of sulfone groups is 1. The number of rotatable bonds is 8. The number of hydrogen-bond acceptors (Lipinski definition) is 6. The van der Waals surface area contributed by atoms with E-state index < -0.39 is 15.9 Å². The van der Waals surface area contributed by atoms with Crippen LogP contribution in [-0.2, 0) is 21.2 Å². The maximum Gasteiger partial charge on any atom is 0.261 e. The largest absolute Gasteiger partial charge is 0.493 e. The third kappa shape index (κ3) is 5.83. The summed E-state index contributed by atoms with van der Waals surface area (Å²) >= 11 is 5.97. The molecule has 1 aliphatic heterocycles. The zero-order chi connectivity index (χ0) is 22.6. The van der Waals surface area contributed by atoms with E-state index in [2.05, 4.69) is 0 Å². The highest BCUT2D eigenvalue weighted by atomic mass is 35.5. The Balaban J connectivity index is 1.80. The summed E-state index contributed by atoms with van der Waals surface area (Å²) in [5.41, 5.74) is 1.62. The van der Waals surface area contributed by atoms with Gasteiger partial charge in [-0.15, -0.1) is 0 Å². The molecule has 2 aromatic rings. The first-order valence-electron chi connectivity index (χ1n) is 9.82. The third-order valence-electron chi connectivity index (χ3n) is 5.26. The summed E-state index contributed by atoms with van der Waals surface area (Å²) in [6, 6.07) is 10.1. The predicted molar refractivity (Wildman–Crippen MR) is 119 cm³/mol. The summed E-state index contributed by atoms with van der Waals surface area (Å²) in [7, 11) is -0.0759. The number of carbonyl (C=O) groups is 1. The van der Waals surface area contributed by atoms with E-state index in [0.717, 1.165) is 11.1 Å². The molecular formula is C22H26ClNO6S.